The van der Waals surface area contributed by atoms with Crippen LogP contribution in [0.4, 0.5) is 4.39 Å². The van der Waals surface area contributed by atoms with E-state index < -0.39 is 21.5 Å². The van der Waals surface area contributed by atoms with Crippen molar-refractivity contribution in [2.45, 2.75) is 37.5 Å². The first-order valence-corrected chi connectivity index (χ1v) is 16.1. The smallest absolute Gasteiger partial charge is 0.355 e. The van der Waals surface area contributed by atoms with E-state index in [1.807, 2.05) is 43.3 Å². The van der Waals surface area contributed by atoms with Crippen molar-refractivity contribution in [3.05, 3.63) is 105 Å². The summed E-state index contributed by atoms with van der Waals surface area (Å²) in [4.78, 5) is 15.8. The molecule has 1 aliphatic rings. The molecule has 43 heavy (non-hydrogen) atoms. The summed E-state index contributed by atoms with van der Waals surface area (Å²) in [6.07, 6.45) is 3.17. The van der Waals surface area contributed by atoms with Crippen LogP contribution in [-0.4, -0.2) is 35.9 Å². The number of thiazole rings is 1. The number of furan rings is 1. The molecule has 3 N–H and O–H groups in total. The molecule has 11 heteroatoms. The van der Waals surface area contributed by atoms with Gasteiger partial charge in [-0.3, -0.25) is 5.14 Å². The van der Waals surface area contributed by atoms with Crippen molar-refractivity contribution < 1.29 is 22.9 Å². The average Bonchev–Trinajstić information content (AvgIpc) is 3.30. The third-order valence-corrected chi connectivity index (χ3v) is 9.01. The summed E-state index contributed by atoms with van der Waals surface area (Å²) in [6, 6.07) is 15.8. The van der Waals surface area contributed by atoms with Crippen molar-refractivity contribution in [3.63, 3.8) is 0 Å². The highest BCUT2D eigenvalue weighted by molar-refractivity contribution is 7.98. The normalized spacial score (nSPS) is 14.2. The number of carboxylic acid groups (broad SMARTS) is 1. The monoisotopic (exact) mass is 614 g/mol. The number of nitrogens with zero attached hydrogens (tertiary/aromatic N) is 3. The lowest BCUT2D eigenvalue weighted by molar-refractivity contribution is 0.0691. The number of nitrogens with two attached hydrogens (primary N) is 1. The molecule has 3 aromatic heterocycles. The molecule has 1 aliphatic carbocycles. The van der Waals surface area contributed by atoms with Gasteiger partial charge in [-0.15, -0.1) is 11.3 Å². The molecule has 0 saturated heterocycles. The van der Waals surface area contributed by atoms with Crippen molar-refractivity contribution in [1.29, 1.82) is 0 Å². The Bertz CT molecular complexity index is 2040. The quantitative estimate of drug-likeness (QED) is 0.173. The zero-order valence-corrected chi connectivity index (χ0v) is 24.8. The molecule has 1 unspecified atom stereocenters. The highest BCUT2D eigenvalue weighted by atomic mass is 32.2. The molecule has 0 spiro atoms. The van der Waals surface area contributed by atoms with Gasteiger partial charge in [0, 0.05) is 28.5 Å². The lowest BCUT2D eigenvalue weighted by Crippen LogP contribution is -2.14. The lowest BCUT2D eigenvalue weighted by Gasteiger charge is -2.11. The second kappa shape index (κ2) is 11.3. The molecule has 1 atom stereocenters. The predicted octanol–water partition coefficient (Wildman–Crippen LogP) is 5.63. The van der Waals surface area contributed by atoms with Gasteiger partial charge < -0.3 is 9.52 Å². The third-order valence-electron chi connectivity index (χ3n) is 7.12. The number of aromatic carboxylic acids is 1. The maximum absolute atomic E-state index is 15.0. The number of carbonyl (C=O) groups is 1. The largest absolute Gasteiger partial charge is 0.476 e. The Labute approximate surface area is 252 Å². The molecule has 0 bridgehead atoms. The summed E-state index contributed by atoms with van der Waals surface area (Å²) in [5.74, 6) is 9.59. The van der Waals surface area contributed by atoms with Crippen LogP contribution in [0.5, 0.6) is 0 Å². The predicted molar refractivity (Wildman–Crippen MR) is 164 cm³/mol. The summed E-state index contributed by atoms with van der Waals surface area (Å²) < 4.78 is 34.5. The van der Waals surface area contributed by atoms with Crippen LogP contribution in [0.15, 0.2) is 69.3 Å². The number of aryl methyl sites for hydroxylation is 1. The van der Waals surface area contributed by atoms with E-state index in [0.717, 1.165) is 41.0 Å². The molecule has 0 aliphatic heterocycles. The second-order valence-electron chi connectivity index (χ2n) is 10.6. The van der Waals surface area contributed by atoms with Crippen LogP contribution < -0.4 is 5.14 Å². The van der Waals surface area contributed by atoms with Crippen LogP contribution >= 0.6 is 11.3 Å². The highest BCUT2D eigenvalue weighted by Crippen LogP contribution is 2.38. The van der Waals surface area contributed by atoms with Gasteiger partial charge in [0.2, 0.25) is 5.13 Å². The Morgan fingerprint density at radius 2 is 2.05 bits per heavy atom. The van der Waals surface area contributed by atoms with Crippen LogP contribution in [0.2, 0.25) is 0 Å². The maximum atomic E-state index is 15.0. The van der Waals surface area contributed by atoms with Crippen molar-refractivity contribution in [2.75, 3.05) is 0 Å². The van der Waals surface area contributed by atoms with Gasteiger partial charge in [-0.25, -0.2) is 23.1 Å². The summed E-state index contributed by atoms with van der Waals surface area (Å²) in [5.41, 5.74) is 4.53. The van der Waals surface area contributed by atoms with Gasteiger partial charge in [-0.05, 0) is 85.9 Å². The van der Waals surface area contributed by atoms with E-state index in [2.05, 4.69) is 22.7 Å². The highest BCUT2D eigenvalue weighted by Gasteiger charge is 2.29. The van der Waals surface area contributed by atoms with Crippen LogP contribution in [0, 0.1) is 30.5 Å². The average molecular weight is 615 g/mol. The van der Waals surface area contributed by atoms with Crippen LogP contribution in [0.25, 0.3) is 16.4 Å². The van der Waals surface area contributed by atoms with E-state index in [4.69, 9.17) is 14.7 Å². The van der Waals surface area contributed by atoms with Gasteiger partial charge in [0.05, 0.1) is 26.0 Å². The number of carboxylic acids is 1. The minimum Gasteiger partial charge on any atom is -0.476 e. The molecule has 218 valence electrons. The topological polar surface area (TPSA) is 124 Å². The number of hydrogen-bond donors (Lipinski definition) is 2. The molecular formula is C32H27FN4O4S2. The number of rotatable bonds is 8. The molecule has 1 fully saturated rings. The Morgan fingerprint density at radius 1 is 1.23 bits per heavy atom. The summed E-state index contributed by atoms with van der Waals surface area (Å²) >= 11 is 1.20. The molecule has 0 radical (unpaired) electrons. The van der Waals surface area contributed by atoms with Crippen molar-refractivity contribution in [2.24, 2.45) is 11.1 Å². The number of benzene rings is 2. The first-order chi connectivity index (χ1) is 20.5. The van der Waals surface area contributed by atoms with E-state index >= 15 is 4.39 Å². The number of aromatic nitrogens is 3. The van der Waals surface area contributed by atoms with Gasteiger partial charge >= 0.3 is 5.97 Å². The van der Waals surface area contributed by atoms with Crippen molar-refractivity contribution >= 4 is 32.9 Å². The molecule has 2 aromatic carbocycles. The van der Waals surface area contributed by atoms with E-state index in [1.54, 1.807) is 10.7 Å². The molecule has 3 heterocycles. The molecule has 5 aromatic rings. The van der Waals surface area contributed by atoms with Crippen molar-refractivity contribution in [1.82, 2.24) is 14.8 Å². The summed E-state index contributed by atoms with van der Waals surface area (Å²) in [7, 11) is -3.22. The fourth-order valence-electron chi connectivity index (χ4n) is 4.84. The van der Waals surface area contributed by atoms with Gasteiger partial charge in [0.15, 0.2) is 11.5 Å². The Morgan fingerprint density at radius 3 is 2.70 bits per heavy atom. The zero-order chi connectivity index (χ0) is 30.3. The Kier molecular flexibility index (Phi) is 7.52. The van der Waals surface area contributed by atoms with Gasteiger partial charge in [0.25, 0.3) is 0 Å². The van der Waals surface area contributed by atoms with E-state index in [0.29, 0.717) is 40.9 Å². The Balaban J connectivity index is 1.49. The Hall–Kier alpha value is -4.50. The van der Waals surface area contributed by atoms with E-state index in [9.17, 15) is 14.1 Å². The molecule has 6 rings (SSSR count). The van der Waals surface area contributed by atoms with Crippen LogP contribution in [0.3, 0.4) is 0 Å². The first kappa shape index (κ1) is 28.6. The van der Waals surface area contributed by atoms with Gasteiger partial charge in [0.1, 0.15) is 11.6 Å². The van der Waals surface area contributed by atoms with Gasteiger partial charge in [-0.1, -0.05) is 24.1 Å². The third kappa shape index (κ3) is 6.32. The number of halogens is 1. The fraction of sp³-hybridized carbons (Fsp3) is 0.188. The minimum absolute atomic E-state index is 0.0578. The van der Waals surface area contributed by atoms with Gasteiger partial charge in [-0.2, -0.15) is 5.10 Å². The summed E-state index contributed by atoms with van der Waals surface area (Å²) in [5, 5.41) is 22.0. The van der Waals surface area contributed by atoms with Crippen LogP contribution in [0.1, 0.15) is 57.2 Å². The summed E-state index contributed by atoms with van der Waals surface area (Å²) in [6.45, 7) is 1.86. The number of hydrogen-bond acceptors (Lipinski definition) is 6. The fourth-order valence-corrected chi connectivity index (χ4v) is 6.30. The minimum atomic E-state index is -3.22. The molecule has 1 saturated carbocycles. The maximum Gasteiger partial charge on any atom is 0.355 e. The van der Waals surface area contributed by atoms with E-state index in [1.165, 1.54) is 28.8 Å². The first-order valence-electron chi connectivity index (χ1n) is 13.5. The van der Waals surface area contributed by atoms with Crippen molar-refractivity contribution in [3.8, 4) is 28.2 Å². The SMILES string of the molecule is C=S(N)(=O)c1ccc(Cc2c(-c3cccc(C#Cc4ccc(C)o4)c3)nn(-c3nc(C(=O)O)cs3)c2CC2CC2)cc1F. The lowest BCUT2D eigenvalue weighted by atomic mass is 9.96. The zero-order valence-electron chi connectivity index (χ0n) is 23.2. The molecule has 8 nitrogen and oxygen atoms in total. The molecular weight excluding hydrogens is 588 g/mol. The molecule has 0 amide bonds. The van der Waals surface area contributed by atoms with Crippen LogP contribution in [-0.2, 0) is 22.5 Å². The second-order valence-corrected chi connectivity index (χ2v) is 13.3. The van der Waals surface area contributed by atoms with E-state index in [-0.39, 0.29) is 10.6 Å². The standard InChI is InChI=1S/C32H27FN4O4S2/c1-19-6-11-24(41-19)12-9-20-4-3-5-23(14-20)30-25(15-22-10-13-29(26(33)16-22)43(2,34)40)28(17-21-7-8-21)37(36-30)32-35-27(18-42-32)31(38)39/h3-6,10-11,13-14,16,18,21H,2,7-8,15,17H2,1H3,(H2,34,40)(H,38,39).